The maximum absolute atomic E-state index is 11.3. The molecule has 2 heterocycles. The summed E-state index contributed by atoms with van der Waals surface area (Å²) < 4.78 is 1.93. The molecule has 0 fully saturated rings. The van der Waals surface area contributed by atoms with Gasteiger partial charge in [0.05, 0.1) is 0 Å². The van der Waals surface area contributed by atoms with E-state index in [0.717, 1.165) is 42.1 Å². The van der Waals surface area contributed by atoms with Crippen molar-refractivity contribution in [3.05, 3.63) is 60.1 Å². The van der Waals surface area contributed by atoms with Crippen molar-refractivity contribution in [3.63, 3.8) is 0 Å². The maximum Gasteiger partial charge on any atom is 0.247 e. The molecular weight excluding hydrogens is 290 g/mol. The fourth-order valence-corrected chi connectivity index (χ4v) is 2.56. The van der Waals surface area contributed by atoms with Crippen molar-refractivity contribution in [1.29, 1.82) is 0 Å². The van der Waals surface area contributed by atoms with Gasteiger partial charge in [-0.25, -0.2) is 4.52 Å². The van der Waals surface area contributed by atoms with E-state index in [1.165, 1.54) is 11.6 Å². The number of fused-ring (bicyclic) bond motifs is 1. The average Bonchev–Trinajstić information content (AvgIpc) is 3.07. The zero-order valence-corrected chi connectivity index (χ0v) is 13.0. The summed E-state index contributed by atoms with van der Waals surface area (Å²) in [6.45, 7) is 5.46. The molecule has 0 aliphatic carbocycles. The number of aromatic nitrogens is 4. The van der Waals surface area contributed by atoms with Crippen LogP contribution in [0.25, 0.3) is 5.65 Å². The number of aromatic amines is 1. The molecule has 3 aromatic rings. The van der Waals surface area contributed by atoms with Crippen molar-refractivity contribution in [2.24, 2.45) is 0 Å². The molecule has 118 valence electrons. The zero-order valence-electron chi connectivity index (χ0n) is 13.0. The van der Waals surface area contributed by atoms with E-state index in [9.17, 15) is 4.79 Å². The Labute approximate surface area is 134 Å². The second-order valence-electron chi connectivity index (χ2n) is 5.50. The van der Waals surface area contributed by atoms with Crippen molar-refractivity contribution in [2.75, 3.05) is 5.32 Å². The first-order valence-corrected chi connectivity index (χ1v) is 7.57. The molecule has 23 heavy (non-hydrogen) atoms. The number of nitrogens with one attached hydrogen (secondary N) is 2. The van der Waals surface area contributed by atoms with Crippen LogP contribution in [0.15, 0.2) is 43.0 Å². The maximum atomic E-state index is 11.3. The standard InChI is InChI=1S/C17H19N5O/c1-3-17(23)18-14-8-4-6-13(11-14)7-5-9-15-19-20-16-10-12(2)21-22(15)16/h3-4,6,8,10-11,21H,1,5,7,9H2,2H3,(H,18,23). The first-order chi connectivity index (χ1) is 11.2. The van der Waals surface area contributed by atoms with E-state index in [1.54, 1.807) is 0 Å². The lowest BCUT2D eigenvalue weighted by Crippen LogP contribution is -2.07. The van der Waals surface area contributed by atoms with Gasteiger partial charge in [0, 0.05) is 23.9 Å². The first-order valence-electron chi connectivity index (χ1n) is 7.57. The number of aryl methyl sites for hydroxylation is 3. The van der Waals surface area contributed by atoms with Gasteiger partial charge in [-0.15, -0.1) is 10.2 Å². The molecule has 0 aliphatic heterocycles. The molecular formula is C17H19N5O. The Morgan fingerprint density at radius 2 is 2.22 bits per heavy atom. The lowest BCUT2D eigenvalue weighted by Gasteiger charge is -2.05. The summed E-state index contributed by atoms with van der Waals surface area (Å²) in [5.74, 6) is 0.735. The van der Waals surface area contributed by atoms with Crippen LogP contribution in [0.2, 0.25) is 0 Å². The molecule has 0 aliphatic rings. The minimum absolute atomic E-state index is 0.199. The fourth-order valence-electron chi connectivity index (χ4n) is 2.56. The first kappa shape index (κ1) is 15.0. The lowest BCUT2D eigenvalue weighted by molar-refractivity contribution is -0.111. The molecule has 6 heteroatoms. The third kappa shape index (κ3) is 3.48. The Balaban J connectivity index is 1.61. The number of benzene rings is 1. The highest BCUT2D eigenvalue weighted by Gasteiger charge is 2.07. The second-order valence-corrected chi connectivity index (χ2v) is 5.50. The zero-order chi connectivity index (χ0) is 16.2. The molecule has 1 aromatic carbocycles. The monoisotopic (exact) mass is 309 g/mol. The number of carbonyl (C=O) groups is 1. The van der Waals surface area contributed by atoms with Crippen LogP contribution >= 0.6 is 0 Å². The summed E-state index contributed by atoms with van der Waals surface area (Å²) in [6.07, 6.45) is 3.97. The molecule has 0 atom stereocenters. The Morgan fingerprint density at radius 1 is 1.35 bits per heavy atom. The Kier molecular flexibility index (Phi) is 4.23. The smallest absolute Gasteiger partial charge is 0.247 e. The summed E-state index contributed by atoms with van der Waals surface area (Å²) in [6, 6.07) is 9.83. The lowest BCUT2D eigenvalue weighted by atomic mass is 10.1. The molecule has 0 radical (unpaired) electrons. The molecule has 1 amide bonds. The van der Waals surface area contributed by atoms with E-state index < -0.39 is 0 Å². The van der Waals surface area contributed by atoms with Crippen LogP contribution in [0.5, 0.6) is 0 Å². The Morgan fingerprint density at radius 3 is 3.04 bits per heavy atom. The van der Waals surface area contributed by atoms with E-state index in [2.05, 4.69) is 33.3 Å². The normalized spacial score (nSPS) is 10.8. The summed E-state index contributed by atoms with van der Waals surface area (Å²) in [5.41, 5.74) is 3.89. The summed E-state index contributed by atoms with van der Waals surface area (Å²) in [5, 5.41) is 14.4. The highest BCUT2D eigenvalue weighted by Crippen LogP contribution is 2.14. The number of hydrogen-bond donors (Lipinski definition) is 2. The van der Waals surface area contributed by atoms with E-state index in [4.69, 9.17) is 0 Å². The van der Waals surface area contributed by atoms with Crippen LogP contribution in [0.1, 0.15) is 23.5 Å². The van der Waals surface area contributed by atoms with Crippen molar-refractivity contribution >= 4 is 17.2 Å². The van der Waals surface area contributed by atoms with Gasteiger partial charge in [-0.2, -0.15) is 0 Å². The second kappa shape index (κ2) is 6.48. The number of amides is 1. The van der Waals surface area contributed by atoms with Crippen molar-refractivity contribution in [1.82, 2.24) is 19.8 Å². The molecule has 2 aromatic heterocycles. The van der Waals surface area contributed by atoms with Crippen LogP contribution in [-0.4, -0.2) is 25.7 Å². The van der Waals surface area contributed by atoms with Crippen LogP contribution in [-0.2, 0) is 17.6 Å². The van der Waals surface area contributed by atoms with Crippen molar-refractivity contribution in [3.8, 4) is 0 Å². The summed E-state index contributed by atoms with van der Waals surface area (Å²) in [4.78, 5) is 11.3. The number of carbonyl (C=O) groups excluding carboxylic acids is 1. The minimum Gasteiger partial charge on any atom is -0.323 e. The van der Waals surface area contributed by atoms with Crippen LogP contribution in [0.4, 0.5) is 5.69 Å². The predicted molar refractivity (Wildman–Crippen MR) is 89.4 cm³/mol. The number of hydrogen-bond acceptors (Lipinski definition) is 3. The Bertz CT molecular complexity index is 846. The average molecular weight is 309 g/mol. The fraction of sp³-hybridized carbons (Fsp3) is 0.235. The third-order valence-corrected chi connectivity index (χ3v) is 3.63. The van der Waals surface area contributed by atoms with Crippen LogP contribution < -0.4 is 5.32 Å². The number of H-pyrrole nitrogens is 1. The molecule has 0 saturated heterocycles. The van der Waals surface area contributed by atoms with Gasteiger partial charge in [-0.05, 0) is 43.5 Å². The van der Waals surface area contributed by atoms with E-state index >= 15 is 0 Å². The van der Waals surface area contributed by atoms with Crippen molar-refractivity contribution < 1.29 is 4.79 Å². The SMILES string of the molecule is C=CC(=O)Nc1cccc(CCCc2nnc3cc(C)[nH]n23)c1. The molecule has 0 saturated carbocycles. The largest absolute Gasteiger partial charge is 0.323 e. The molecule has 0 bridgehead atoms. The summed E-state index contributed by atoms with van der Waals surface area (Å²) in [7, 11) is 0. The van der Waals surface area contributed by atoms with E-state index in [1.807, 2.05) is 35.7 Å². The Hall–Kier alpha value is -2.89. The van der Waals surface area contributed by atoms with Gasteiger partial charge in [-0.1, -0.05) is 18.7 Å². The van der Waals surface area contributed by atoms with Gasteiger partial charge in [0.1, 0.15) is 0 Å². The highest BCUT2D eigenvalue weighted by molar-refractivity contribution is 5.98. The van der Waals surface area contributed by atoms with Crippen LogP contribution in [0, 0.1) is 6.92 Å². The van der Waals surface area contributed by atoms with Gasteiger partial charge in [0.15, 0.2) is 11.5 Å². The van der Waals surface area contributed by atoms with Gasteiger partial charge in [-0.3, -0.25) is 9.89 Å². The molecule has 3 rings (SSSR count). The molecule has 0 spiro atoms. The molecule has 0 unspecified atom stereocenters. The molecule has 6 nitrogen and oxygen atoms in total. The van der Waals surface area contributed by atoms with Crippen molar-refractivity contribution in [2.45, 2.75) is 26.2 Å². The number of anilines is 1. The number of nitrogens with zero attached hydrogens (tertiary/aromatic N) is 3. The van der Waals surface area contributed by atoms with Crippen LogP contribution in [0.3, 0.4) is 0 Å². The van der Waals surface area contributed by atoms with E-state index in [-0.39, 0.29) is 5.91 Å². The third-order valence-electron chi connectivity index (χ3n) is 3.63. The molecule has 2 N–H and O–H groups in total. The predicted octanol–water partition coefficient (Wildman–Crippen LogP) is 2.67. The topological polar surface area (TPSA) is 75.1 Å². The van der Waals surface area contributed by atoms with Gasteiger partial charge < -0.3 is 5.32 Å². The quantitative estimate of drug-likeness (QED) is 0.687. The van der Waals surface area contributed by atoms with Gasteiger partial charge in [0.2, 0.25) is 5.91 Å². The van der Waals surface area contributed by atoms with Gasteiger partial charge >= 0.3 is 0 Å². The van der Waals surface area contributed by atoms with Gasteiger partial charge in [0.25, 0.3) is 0 Å². The highest BCUT2D eigenvalue weighted by atomic mass is 16.1. The summed E-state index contributed by atoms with van der Waals surface area (Å²) >= 11 is 0. The number of rotatable bonds is 6. The minimum atomic E-state index is -0.199. The van der Waals surface area contributed by atoms with E-state index in [0.29, 0.717) is 0 Å².